The molecule has 1 aliphatic heterocycles. The van der Waals surface area contributed by atoms with E-state index in [2.05, 4.69) is 35.9 Å². The number of anilines is 2. The Kier molecular flexibility index (Phi) is 8.39. The van der Waals surface area contributed by atoms with Gasteiger partial charge in [0.2, 0.25) is 5.91 Å². The van der Waals surface area contributed by atoms with E-state index in [4.69, 9.17) is 11.6 Å². The molecule has 1 amide bonds. The third-order valence-electron chi connectivity index (χ3n) is 7.76. The number of aryl methyl sites for hydroxylation is 1. The number of nitrogens with one attached hydrogen (secondary N) is 3. The predicted octanol–water partition coefficient (Wildman–Crippen LogP) is 7.15. The van der Waals surface area contributed by atoms with Crippen LogP contribution in [0, 0.1) is 13.8 Å². The van der Waals surface area contributed by atoms with Gasteiger partial charge in [0.05, 0.1) is 16.2 Å². The molecule has 8 nitrogen and oxygen atoms in total. The molecule has 230 valence electrons. The SMILES string of the molecule is Cc1nc(Nc2cccc(-c3cccc(-c4ccc(CNC[C@@H]5CCC(=O)N5)c(C(F)(F)F)n4)c3Cl)c2C)c2ncccc2n1. The van der Waals surface area contributed by atoms with Gasteiger partial charge in [0, 0.05) is 48.6 Å². The molecule has 5 aromatic rings. The van der Waals surface area contributed by atoms with Crippen LogP contribution in [-0.2, 0) is 17.5 Å². The molecular formula is C33H29ClF3N7O. The van der Waals surface area contributed by atoms with Crippen molar-refractivity contribution in [1.29, 1.82) is 0 Å². The first-order valence-electron chi connectivity index (χ1n) is 14.4. The summed E-state index contributed by atoms with van der Waals surface area (Å²) in [5.74, 6) is 1.11. The lowest BCUT2D eigenvalue weighted by atomic mass is 9.96. The molecule has 1 atom stereocenters. The van der Waals surface area contributed by atoms with Crippen molar-refractivity contribution in [3.63, 3.8) is 0 Å². The first-order valence-corrected chi connectivity index (χ1v) is 14.8. The largest absolute Gasteiger partial charge is 0.433 e. The number of carbonyl (C=O) groups is 1. The van der Waals surface area contributed by atoms with Gasteiger partial charge in [-0.1, -0.05) is 48.0 Å². The van der Waals surface area contributed by atoms with Crippen molar-refractivity contribution in [3.8, 4) is 22.4 Å². The van der Waals surface area contributed by atoms with Gasteiger partial charge in [-0.3, -0.25) is 9.78 Å². The Morgan fingerprint density at radius 2 is 1.73 bits per heavy atom. The number of halogens is 4. The van der Waals surface area contributed by atoms with Crippen LogP contribution in [0.4, 0.5) is 24.7 Å². The van der Waals surface area contributed by atoms with Gasteiger partial charge in [-0.15, -0.1) is 0 Å². The van der Waals surface area contributed by atoms with Gasteiger partial charge < -0.3 is 16.0 Å². The molecule has 45 heavy (non-hydrogen) atoms. The van der Waals surface area contributed by atoms with Gasteiger partial charge in [0.1, 0.15) is 17.0 Å². The van der Waals surface area contributed by atoms with Crippen molar-refractivity contribution in [1.82, 2.24) is 30.6 Å². The number of amides is 1. The number of rotatable bonds is 8. The standard InChI is InChI=1S/C33H29ClF3N7O/c1-18-22(6-4-9-25(18)44-32-30-27(10-5-15-39-30)40-19(2)41-32)23-7-3-8-24(29(23)34)26-13-11-20(31(43-26)33(35,36)37)16-38-17-21-12-14-28(45)42-21/h3-11,13,15,21,38H,12,14,16-17H2,1-2H3,(H,42,45)(H,40,41,44)/t21-/m0/s1. The van der Waals surface area contributed by atoms with E-state index in [1.807, 2.05) is 50.2 Å². The minimum Gasteiger partial charge on any atom is -0.352 e. The van der Waals surface area contributed by atoms with Crippen LogP contribution >= 0.6 is 11.6 Å². The number of benzene rings is 2. The second kappa shape index (κ2) is 12.4. The number of hydrogen-bond acceptors (Lipinski definition) is 7. The third kappa shape index (κ3) is 6.45. The van der Waals surface area contributed by atoms with Crippen LogP contribution in [0.1, 0.15) is 35.5 Å². The molecule has 3 N–H and O–H groups in total. The van der Waals surface area contributed by atoms with Crippen LogP contribution in [0.25, 0.3) is 33.4 Å². The highest BCUT2D eigenvalue weighted by Gasteiger charge is 2.36. The first kappa shape index (κ1) is 30.4. The van der Waals surface area contributed by atoms with E-state index < -0.39 is 11.9 Å². The number of nitrogens with zero attached hydrogens (tertiary/aromatic N) is 4. The zero-order chi connectivity index (χ0) is 31.7. The highest BCUT2D eigenvalue weighted by molar-refractivity contribution is 6.36. The molecule has 0 saturated carbocycles. The van der Waals surface area contributed by atoms with Crippen molar-refractivity contribution in [2.24, 2.45) is 0 Å². The normalized spacial score (nSPS) is 15.0. The van der Waals surface area contributed by atoms with Crippen LogP contribution in [0.5, 0.6) is 0 Å². The number of alkyl halides is 3. The topological polar surface area (TPSA) is 105 Å². The Morgan fingerprint density at radius 3 is 2.51 bits per heavy atom. The Balaban J connectivity index is 1.31. The molecule has 4 heterocycles. The number of carbonyl (C=O) groups excluding carboxylic acids is 1. The fraction of sp³-hybridized carbons (Fsp3) is 0.242. The highest BCUT2D eigenvalue weighted by atomic mass is 35.5. The van der Waals surface area contributed by atoms with Crippen LogP contribution in [-0.4, -0.2) is 38.4 Å². The quantitative estimate of drug-likeness (QED) is 0.167. The van der Waals surface area contributed by atoms with E-state index in [-0.39, 0.29) is 34.8 Å². The van der Waals surface area contributed by atoms with Crippen molar-refractivity contribution in [2.45, 2.75) is 45.5 Å². The second-order valence-electron chi connectivity index (χ2n) is 10.9. The second-order valence-corrected chi connectivity index (χ2v) is 11.3. The summed E-state index contributed by atoms with van der Waals surface area (Å²) in [6.07, 6.45) is -1.92. The number of pyridine rings is 2. The minimum atomic E-state index is -4.67. The molecule has 1 saturated heterocycles. The predicted molar refractivity (Wildman–Crippen MR) is 168 cm³/mol. The molecule has 3 aromatic heterocycles. The van der Waals surface area contributed by atoms with Gasteiger partial charge in [-0.05, 0) is 61.2 Å². The number of hydrogen-bond donors (Lipinski definition) is 3. The molecule has 1 aliphatic rings. The van der Waals surface area contributed by atoms with Crippen LogP contribution in [0.3, 0.4) is 0 Å². The van der Waals surface area contributed by atoms with E-state index in [1.165, 1.54) is 6.07 Å². The maximum atomic E-state index is 14.2. The average Bonchev–Trinajstić information content (AvgIpc) is 3.43. The van der Waals surface area contributed by atoms with Crippen molar-refractivity contribution < 1.29 is 18.0 Å². The molecule has 0 bridgehead atoms. The molecule has 6 rings (SSSR count). The van der Waals surface area contributed by atoms with E-state index in [1.54, 1.807) is 24.4 Å². The minimum absolute atomic E-state index is 0.0134. The lowest BCUT2D eigenvalue weighted by Crippen LogP contribution is -2.35. The fourth-order valence-corrected chi connectivity index (χ4v) is 5.86. The van der Waals surface area contributed by atoms with E-state index in [0.717, 1.165) is 16.8 Å². The average molecular weight is 632 g/mol. The van der Waals surface area contributed by atoms with Gasteiger partial charge in [0.25, 0.3) is 0 Å². The van der Waals surface area contributed by atoms with Crippen LogP contribution in [0.15, 0.2) is 66.9 Å². The Hall–Kier alpha value is -4.61. The summed E-state index contributed by atoms with van der Waals surface area (Å²) in [6.45, 7) is 4.07. The van der Waals surface area contributed by atoms with Gasteiger partial charge in [-0.25, -0.2) is 15.0 Å². The van der Waals surface area contributed by atoms with Gasteiger partial charge in [0.15, 0.2) is 5.82 Å². The molecule has 0 radical (unpaired) electrons. The molecule has 0 aliphatic carbocycles. The molecule has 1 fully saturated rings. The van der Waals surface area contributed by atoms with Crippen molar-refractivity contribution in [2.75, 3.05) is 11.9 Å². The Morgan fingerprint density at radius 1 is 0.956 bits per heavy atom. The highest BCUT2D eigenvalue weighted by Crippen LogP contribution is 2.40. The molecular weight excluding hydrogens is 603 g/mol. The van der Waals surface area contributed by atoms with E-state index >= 15 is 0 Å². The zero-order valence-electron chi connectivity index (χ0n) is 24.5. The first-order chi connectivity index (χ1) is 21.6. The summed E-state index contributed by atoms with van der Waals surface area (Å²) in [5.41, 5.74) is 3.95. The Bertz CT molecular complexity index is 1910. The smallest absolute Gasteiger partial charge is 0.352 e. The van der Waals surface area contributed by atoms with Crippen molar-refractivity contribution >= 4 is 40.0 Å². The van der Waals surface area contributed by atoms with E-state index in [0.29, 0.717) is 53.2 Å². The Labute approximate surface area is 262 Å². The summed E-state index contributed by atoms with van der Waals surface area (Å²) in [4.78, 5) is 28.9. The summed E-state index contributed by atoms with van der Waals surface area (Å²) in [7, 11) is 0. The van der Waals surface area contributed by atoms with Gasteiger partial charge >= 0.3 is 6.18 Å². The lowest BCUT2D eigenvalue weighted by Gasteiger charge is -2.18. The molecule has 12 heteroatoms. The number of fused-ring (bicyclic) bond motifs is 1. The lowest BCUT2D eigenvalue weighted by molar-refractivity contribution is -0.141. The molecule has 0 unspecified atom stereocenters. The van der Waals surface area contributed by atoms with Gasteiger partial charge in [-0.2, -0.15) is 13.2 Å². The molecule has 2 aromatic carbocycles. The van der Waals surface area contributed by atoms with Crippen LogP contribution in [0.2, 0.25) is 5.02 Å². The molecule has 0 spiro atoms. The van der Waals surface area contributed by atoms with E-state index in [9.17, 15) is 18.0 Å². The summed E-state index contributed by atoms with van der Waals surface area (Å²) in [5, 5.41) is 9.49. The fourth-order valence-electron chi connectivity index (χ4n) is 5.54. The third-order valence-corrected chi connectivity index (χ3v) is 8.16. The maximum Gasteiger partial charge on any atom is 0.433 e. The van der Waals surface area contributed by atoms with Crippen LogP contribution < -0.4 is 16.0 Å². The summed E-state index contributed by atoms with van der Waals surface area (Å²) >= 11 is 6.92. The summed E-state index contributed by atoms with van der Waals surface area (Å²) < 4.78 is 42.5. The number of aromatic nitrogens is 4. The zero-order valence-corrected chi connectivity index (χ0v) is 25.2. The maximum absolute atomic E-state index is 14.2. The monoisotopic (exact) mass is 631 g/mol. The van der Waals surface area contributed by atoms with Crippen molar-refractivity contribution in [3.05, 3.63) is 94.5 Å². The summed E-state index contributed by atoms with van der Waals surface area (Å²) in [6, 6.07) is 17.5.